The molecule has 1 aromatic heterocycles. The molecule has 6 nitrogen and oxygen atoms in total. The molecule has 2 atom stereocenters. The SMILES string of the molecule is CC(C)[C@H](C)C(=O)N1CCC[C@H]1c1nc2c(ccc3cc(B4OC(C)(C)C(C)(C)O4)ccc32)[nH]1.S.S. The van der Waals surface area contributed by atoms with Crippen LogP contribution in [0.1, 0.15) is 73.2 Å². The summed E-state index contributed by atoms with van der Waals surface area (Å²) >= 11 is 0. The van der Waals surface area contributed by atoms with Crippen molar-refractivity contribution < 1.29 is 14.1 Å². The summed E-state index contributed by atoms with van der Waals surface area (Å²) < 4.78 is 12.5. The zero-order chi connectivity index (χ0) is 24.4. The molecule has 2 aliphatic heterocycles. The van der Waals surface area contributed by atoms with Crippen LogP contribution in [-0.4, -0.2) is 45.6 Å². The molecule has 1 N–H and O–H groups in total. The van der Waals surface area contributed by atoms with Crippen molar-refractivity contribution in [2.24, 2.45) is 11.8 Å². The fraction of sp³-hybridized carbons (Fsp3) is 0.556. The van der Waals surface area contributed by atoms with Crippen LogP contribution in [0.4, 0.5) is 0 Å². The van der Waals surface area contributed by atoms with E-state index >= 15 is 0 Å². The molecule has 2 saturated heterocycles. The number of imidazole rings is 1. The van der Waals surface area contributed by atoms with Crippen LogP contribution in [0.25, 0.3) is 21.8 Å². The van der Waals surface area contributed by atoms with Crippen molar-refractivity contribution in [3.63, 3.8) is 0 Å². The second-order valence-electron chi connectivity index (χ2n) is 11.4. The van der Waals surface area contributed by atoms with Gasteiger partial charge >= 0.3 is 7.12 Å². The lowest BCUT2D eigenvalue weighted by molar-refractivity contribution is -0.137. The minimum absolute atomic E-state index is 0. The third-order valence-electron chi connectivity index (χ3n) is 8.28. The molecule has 5 rings (SSSR count). The van der Waals surface area contributed by atoms with E-state index in [2.05, 4.69) is 76.9 Å². The Balaban J connectivity index is 0.00000180. The molecule has 0 saturated carbocycles. The summed E-state index contributed by atoms with van der Waals surface area (Å²) in [5.41, 5.74) is 2.22. The number of hydrogen-bond donors (Lipinski definition) is 1. The van der Waals surface area contributed by atoms with Crippen molar-refractivity contribution in [2.45, 2.75) is 78.6 Å². The first kappa shape index (κ1) is 28.9. The molecule has 36 heavy (non-hydrogen) atoms. The molecule has 1 amide bonds. The van der Waals surface area contributed by atoms with E-state index in [1.165, 1.54) is 0 Å². The van der Waals surface area contributed by atoms with E-state index in [1.54, 1.807) is 0 Å². The normalized spacial score (nSPS) is 21.6. The Morgan fingerprint density at radius 3 is 2.39 bits per heavy atom. The van der Waals surface area contributed by atoms with E-state index in [0.717, 1.165) is 52.5 Å². The first-order valence-corrected chi connectivity index (χ1v) is 12.6. The fourth-order valence-electron chi connectivity index (χ4n) is 4.98. The third-order valence-corrected chi connectivity index (χ3v) is 8.28. The highest BCUT2D eigenvalue weighted by molar-refractivity contribution is 7.59. The van der Waals surface area contributed by atoms with Crippen LogP contribution < -0.4 is 5.46 Å². The number of aromatic nitrogens is 2. The van der Waals surface area contributed by atoms with Gasteiger partial charge in [0.15, 0.2) is 0 Å². The van der Waals surface area contributed by atoms with E-state index in [1.807, 2.05) is 11.8 Å². The van der Waals surface area contributed by atoms with Gasteiger partial charge in [-0.25, -0.2) is 4.98 Å². The predicted molar refractivity (Wildman–Crippen MR) is 158 cm³/mol. The van der Waals surface area contributed by atoms with E-state index in [9.17, 15) is 4.79 Å². The van der Waals surface area contributed by atoms with Crippen LogP contribution >= 0.6 is 27.0 Å². The van der Waals surface area contributed by atoms with Crippen LogP contribution in [0.3, 0.4) is 0 Å². The first-order valence-electron chi connectivity index (χ1n) is 12.6. The van der Waals surface area contributed by atoms with E-state index in [-0.39, 0.29) is 63.2 Å². The van der Waals surface area contributed by atoms with Crippen molar-refractivity contribution in [3.05, 3.63) is 36.2 Å². The highest BCUT2D eigenvalue weighted by Crippen LogP contribution is 2.37. The quantitative estimate of drug-likeness (QED) is 0.472. The van der Waals surface area contributed by atoms with Crippen molar-refractivity contribution in [1.82, 2.24) is 14.9 Å². The lowest BCUT2D eigenvalue weighted by atomic mass is 9.78. The van der Waals surface area contributed by atoms with Gasteiger partial charge in [0.1, 0.15) is 5.82 Å². The molecule has 2 aromatic carbocycles. The number of carbonyl (C=O) groups is 1. The lowest BCUT2D eigenvalue weighted by Crippen LogP contribution is -2.41. The van der Waals surface area contributed by atoms with Crippen LogP contribution in [0, 0.1) is 11.8 Å². The van der Waals surface area contributed by atoms with E-state index < -0.39 is 0 Å². The molecular formula is C27H40BN3O3S2. The summed E-state index contributed by atoms with van der Waals surface area (Å²) in [6, 6.07) is 10.5. The zero-order valence-corrected chi connectivity index (χ0v) is 24.4. The molecule has 3 aromatic rings. The van der Waals surface area contributed by atoms with Crippen LogP contribution in [0.15, 0.2) is 30.3 Å². The molecule has 0 bridgehead atoms. The van der Waals surface area contributed by atoms with Crippen molar-refractivity contribution in [2.75, 3.05) is 6.54 Å². The van der Waals surface area contributed by atoms with Crippen LogP contribution in [-0.2, 0) is 14.1 Å². The summed E-state index contributed by atoms with van der Waals surface area (Å²) in [7, 11) is -0.388. The molecule has 0 radical (unpaired) electrons. The number of rotatable bonds is 4. The molecule has 0 unspecified atom stereocenters. The number of hydrogen-bond acceptors (Lipinski definition) is 4. The number of fused-ring (bicyclic) bond motifs is 3. The van der Waals surface area contributed by atoms with Gasteiger partial charge in [-0.15, -0.1) is 0 Å². The summed E-state index contributed by atoms with van der Waals surface area (Å²) in [6.45, 7) is 15.3. The van der Waals surface area contributed by atoms with Crippen molar-refractivity contribution >= 4 is 67.3 Å². The van der Waals surface area contributed by atoms with Gasteiger partial charge in [0.2, 0.25) is 5.91 Å². The van der Waals surface area contributed by atoms with Gasteiger partial charge < -0.3 is 19.2 Å². The number of nitrogens with one attached hydrogen (secondary N) is 1. The Bertz CT molecular complexity index is 1240. The highest BCUT2D eigenvalue weighted by atomic mass is 32.1. The molecule has 0 aliphatic carbocycles. The summed E-state index contributed by atoms with van der Waals surface area (Å²) in [6.07, 6.45) is 1.96. The van der Waals surface area contributed by atoms with Crippen LogP contribution in [0.5, 0.6) is 0 Å². The molecule has 2 fully saturated rings. The minimum Gasteiger partial charge on any atom is -0.399 e. The highest BCUT2D eigenvalue weighted by Gasteiger charge is 2.51. The van der Waals surface area contributed by atoms with E-state index in [4.69, 9.17) is 14.3 Å². The Kier molecular flexibility index (Phi) is 8.21. The molecule has 0 spiro atoms. The molecular weight excluding hydrogens is 489 g/mol. The van der Waals surface area contributed by atoms with Crippen molar-refractivity contribution in [1.29, 1.82) is 0 Å². The molecule has 9 heteroatoms. The lowest BCUT2D eigenvalue weighted by Gasteiger charge is -2.32. The largest absolute Gasteiger partial charge is 0.494 e. The Morgan fingerprint density at radius 1 is 1.08 bits per heavy atom. The number of benzene rings is 2. The van der Waals surface area contributed by atoms with Gasteiger partial charge in [0.05, 0.1) is 28.3 Å². The smallest absolute Gasteiger partial charge is 0.399 e. The molecule has 2 aliphatic rings. The van der Waals surface area contributed by atoms with Gasteiger partial charge in [-0.05, 0) is 63.4 Å². The van der Waals surface area contributed by atoms with Gasteiger partial charge in [-0.1, -0.05) is 45.0 Å². The monoisotopic (exact) mass is 529 g/mol. The minimum atomic E-state index is -0.388. The fourth-order valence-corrected chi connectivity index (χ4v) is 4.98. The number of aromatic amines is 1. The second kappa shape index (κ2) is 10.2. The number of amides is 1. The topological polar surface area (TPSA) is 67.5 Å². The van der Waals surface area contributed by atoms with Crippen molar-refractivity contribution in [3.8, 4) is 0 Å². The molecule has 196 valence electrons. The zero-order valence-electron chi connectivity index (χ0n) is 22.4. The predicted octanol–water partition coefficient (Wildman–Crippen LogP) is 5.20. The second-order valence-corrected chi connectivity index (χ2v) is 11.4. The van der Waals surface area contributed by atoms with Crippen LogP contribution in [0.2, 0.25) is 0 Å². The van der Waals surface area contributed by atoms with E-state index in [0.29, 0.717) is 5.92 Å². The van der Waals surface area contributed by atoms with Gasteiger partial charge in [-0.3, -0.25) is 4.79 Å². The maximum atomic E-state index is 13.1. The number of nitrogens with zero attached hydrogens (tertiary/aromatic N) is 2. The average molecular weight is 530 g/mol. The Morgan fingerprint density at radius 2 is 1.75 bits per heavy atom. The molecule has 3 heterocycles. The first-order chi connectivity index (χ1) is 16.0. The number of likely N-dealkylation sites (tertiary alicyclic amines) is 1. The number of H-pyrrole nitrogens is 1. The van der Waals surface area contributed by atoms with Gasteiger partial charge in [0.25, 0.3) is 0 Å². The van der Waals surface area contributed by atoms with Gasteiger partial charge in [-0.2, -0.15) is 27.0 Å². The summed E-state index contributed by atoms with van der Waals surface area (Å²) in [4.78, 5) is 23.7. The Hall–Kier alpha value is -1.68. The Labute approximate surface area is 228 Å². The average Bonchev–Trinajstić information content (AvgIpc) is 3.47. The van der Waals surface area contributed by atoms with Gasteiger partial charge in [0, 0.05) is 17.8 Å². The summed E-state index contributed by atoms with van der Waals surface area (Å²) in [5.74, 6) is 1.46. The third kappa shape index (κ3) is 4.80. The maximum absolute atomic E-state index is 13.1. The summed E-state index contributed by atoms with van der Waals surface area (Å²) in [5, 5.41) is 2.19. The number of carbonyl (C=O) groups excluding carboxylic acids is 1. The maximum Gasteiger partial charge on any atom is 0.494 e. The standard InChI is InChI=1S/C27H36BN3O3.2H2S/c1-16(2)17(3)25(32)31-14-8-9-22(31)24-29-21-13-10-18-15-19(11-12-20(18)23(21)30-24)28-33-26(4,5)27(6,7)34-28;;/h10-13,15-17,22H,8-9,14H2,1-7H3,(H,29,30);2*1H2/t17-,22-;;/m0../s1.